The maximum Gasteiger partial charge on any atom is 0.0738 e. The third-order valence-electron chi connectivity index (χ3n) is 2.78. The normalized spacial score (nSPS) is 13.1. The standard InChI is InChI=1S/C11H20BrN3O/c1-8-11(12)10(15(3)14-8)7-9(13-2)5-6-16-4/h9,13H,5-7H2,1-4H3. The molecule has 1 heterocycles. The van der Waals surface area contributed by atoms with Crippen molar-refractivity contribution in [2.24, 2.45) is 7.05 Å². The molecule has 1 aromatic heterocycles. The lowest BCUT2D eigenvalue weighted by Crippen LogP contribution is -2.29. The van der Waals surface area contributed by atoms with Crippen LogP contribution >= 0.6 is 15.9 Å². The van der Waals surface area contributed by atoms with Gasteiger partial charge in [0.25, 0.3) is 0 Å². The second-order valence-corrected chi connectivity index (χ2v) is 4.73. The van der Waals surface area contributed by atoms with E-state index >= 15 is 0 Å². The van der Waals surface area contributed by atoms with Gasteiger partial charge in [-0.15, -0.1) is 0 Å². The number of hydrogen-bond donors (Lipinski definition) is 1. The highest BCUT2D eigenvalue weighted by Gasteiger charge is 2.15. The fraction of sp³-hybridized carbons (Fsp3) is 0.727. The van der Waals surface area contributed by atoms with Crippen LogP contribution in [-0.4, -0.2) is 36.6 Å². The molecule has 4 nitrogen and oxygen atoms in total. The Kier molecular flexibility index (Phi) is 5.44. The molecule has 1 atom stereocenters. The molecule has 0 bridgehead atoms. The summed E-state index contributed by atoms with van der Waals surface area (Å²) < 4.78 is 8.16. The van der Waals surface area contributed by atoms with E-state index in [1.54, 1.807) is 7.11 Å². The topological polar surface area (TPSA) is 39.1 Å². The lowest BCUT2D eigenvalue weighted by Gasteiger charge is -2.16. The molecule has 16 heavy (non-hydrogen) atoms. The molecule has 1 N–H and O–H groups in total. The molecule has 0 spiro atoms. The summed E-state index contributed by atoms with van der Waals surface area (Å²) in [4.78, 5) is 0. The lowest BCUT2D eigenvalue weighted by atomic mass is 10.1. The Balaban J connectivity index is 2.69. The minimum Gasteiger partial charge on any atom is -0.385 e. The monoisotopic (exact) mass is 289 g/mol. The smallest absolute Gasteiger partial charge is 0.0738 e. The number of halogens is 1. The average molecular weight is 290 g/mol. The third-order valence-corrected chi connectivity index (χ3v) is 3.81. The zero-order valence-corrected chi connectivity index (χ0v) is 12.0. The Morgan fingerprint density at radius 3 is 2.69 bits per heavy atom. The van der Waals surface area contributed by atoms with E-state index < -0.39 is 0 Å². The average Bonchev–Trinajstić information content (AvgIpc) is 2.50. The number of nitrogens with one attached hydrogen (secondary N) is 1. The van der Waals surface area contributed by atoms with Crippen molar-refractivity contribution in [2.75, 3.05) is 20.8 Å². The van der Waals surface area contributed by atoms with Crippen LogP contribution in [0, 0.1) is 6.92 Å². The molecule has 0 fully saturated rings. The fourth-order valence-corrected chi connectivity index (χ4v) is 2.24. The zero-order chi connectivity index (χ0) is 12.1. The van der Waals surface area contributed by atoms with Crippen molar-refractivity contribution in [1.82, 2.24) is 15.1 Å². The summed E-state index contributed by atoms with van der Waals surface area (Å²) in [6.45, 7) is 2.79. The number of rotatable bonds is 6. The summed E-state index contributed by atoms with van der Waals surface area (Å²) in [7, 11) is 5.70. The molecule has 0 aromatic carbocycles. The molecule has 1 aromatic rings. The molecule has 92 valence electrons. The summed E-state index contributed by atoms with van der Waals surface area (Å²) in [5.41, 5.74) is 2.27. The number of methoxy groups -OCH3 is 1. The van der Waals surface area contributed by atoms with Crippen LogP contribution < -0.4 is 5.32 Å². The van der Waals surface area contributed by atoms with Gasteiger partial charge in [-0.3, -0.25) is 4.68 Å². The predicted molar refractivity (Wildman–Crippen MR) is 68.7 cm³/mol. The van der Waals surface area contributed by atoms with Gasteiger partial charge < -0.3 is 10.1 Å². The van der Waals surface area contributed by atoms with Gasteiger partial charge in [-0.05, 0) is 36.3 Å². The van der Waals surface area contributed by atoms with Crippen LogP contribution in [0.3, 0.4) is 0 Å². The van der Waals surface area contributed by atoms with Gasteiger partial charge in [0, 0.05) is 33.2 Å². The highest BCUT2D eigenvalue weighted by Crippen LogP contribution is 2.21. The quantitative estimate of drug-likeness (QED) is 0.866. The van der Waals surface area contributed by atoms with Crippen molar-refractivity contribution in [1.29, 1.82) is 0 Å². The van der Waals surface area contributed by atoms with E-state index in [1.165, 1.54) is 5.69 Å². The Labute approximate surface area is 105 Å². The largest absolute Gasteiger partial charge is 0.385 e. The minimum absolute atomic E-state index is 0.422. The Morgan fingerprint density at radius 1 is 1.56 bits per heavy atom. The maximum absolute atomic E-state index is 5.10. The van der Waals surface area contributed by atoms with E-state index in [0.29, 0.717) is 6.04 Å². The van der Waals surface area contributed by atoms with Crippen LogP contribution in [0.25, 0.3) is 0 Å². The van der Waals surface area contributed by atoms with E-state index in [2.05, 4.69) is 26.3 Å². The lowest BCUT2D eigenvalue weighted by molar-refractivity contribution is 0.183. The highest BCUT2D eigenvalue weighted by atomic mass is 79.9. The third kappa shape index (κ3) is 3.30. The molecule has 0 aliphatic rings. The maximum atomic E-state index is 5.10. The van der Waals surface area contributed by atoms with Gasteiger partial charge in [0.05, 0.1) is 15.9 Å². The summed E-state index contributed by atoms with van der Waals surface area (Å²) in [6, 6.07) is 0.422. The van der Waals surface area contributed by atoms with Crippen LogP contribution in [0.15, 0.2) is 4.47 Å². The van der Waals surface area contributed by atoms with Gasteiger partial charge in [-0.2, -0.15) is 5.10 Å². The van der Waals surface area contributed by atoms with Crippen LogP contribution in [0.4, 0.5) is 0 Å². The van der Waals surface area contributed by atoms with Gasteiger partial charge in [-0.1, -0.05) is 0 Å². The van der Waals surface area contributed by atoms with Gasteiger partial charge in [0.15, 0.2) is 0 Å². The first kappa shape index (κ1) is 13.7. The highest BCUT2D eigenvalue weighted by molar-refractivity contribution is 9.10. The summed E-state index contributed by atoms with van der Waals surface area (Å²) >= 11 is 3.58. The molecule has 1 rings (SSSR count). The molecule has 0 amide bonds. The van der Waals surface area contributed by atoms with Crippen molar-refractivity contribution >= 4 is 15.9 Å². The molecular formula is C11H20BrN3O. The molecule has 0 saturated carbocycles. The van der Waals surface area contributed by atoms with E-state index in [4.69, 9.17) is 4.74 Å². The van der Waals surface area contributed by atoms with Crippen LogP contribution in [0.5, 0.6) is 0 Å². The van der Waals surface area contributed by atoms with E-state index in [1.807, 2.05) is 25.7 Å². The Hall–Kier alpha value is -0.390. The first-order chi connectivity index (χ1) is 7.60. The Bertz CT molecular complexity index is 338. The van der Waals surface area contributed by atoms with Crippen molar-refractivity contribution in [3.05, 3.63) is 15.9 Å². The van der Waals surface area contributed by atoms with Crippen molar-refractivity contribution in [3.8, 4) is 0 Å². The first-order valence-electron chi connectivity index (χ1n) is 5.44. The second-order valence-electron chi connectivity index (χ2n) is 3.94. The van der Waals surface area contributed by atoms with Gasteiger partial charge in [0.2, 0.25) is 0 Å². The van der Waals surface area contributed by atoms with Crippen molar-refractivity contribution in [3.63, 3.8) is 0 Å². The van der Waals surface area contributed by atoms with Crippen molar-refractivity contribution in [2.45, 2.75) is 25.8 Å². The first-order valence-corrected chi connectivity index (χ1v) is 6.23. The minimum atomic E-state index is 0.422. The molecule has 0 aliphatic carbocycles. The second kappa shape index (κ2) is 6.37. The van der Waals surface area contributed by atoms with Gasteiger partial charge >= 0.3 is 0 Å². The van der Waals surface area contributed by atoms with Crippen molar-refractivity contribution < 1.29 is 4.74 Å². The SMILES string of the molecule is CNC(CCOC)Cc1c(Br)c(C)nn1C. The number of aryl methyl sites for hydroxylation is 2. The van der Waals surface area contributed by atoms with E-state index in [9.17, 15) is 0 Å². The van der Waals surface area contributed by atoms with E-state index in [-0.39, 0.29) is 0 Å². The summed E-state index contributed by atoms with van der Waals surface area (Å²) in [5, 5.41) is 7.70. The molecule has 0 saturated heterocycles. The Morgan fingerprint density at radius 2 is 2.25 bits per heavy atom. The number of hydrogen-bond acceptors (Lipinski definition) is 3. The van der Waals surface area contributed by atoms with Crippen LogP contribution in [0.1, 0.15) is 17.8 Å². The predicted octanol–water partition coefficient (Wildman–Crippen LogP) is 1.66. The number of likely N-dealkylation sites (N-methyl/N-ethyl adjacent to an activating group) is 1. The molecule has 0 radical (unpaired) electrons. The number of aromatic nitrogens is 2. The van der Waals surface area contributed by atoms with Crippen LogP contribution in [-0.2, 0) is 18.2 Å². The number of nitrogens with zero attached hydrogens (tertiary/aromatic N) is 2. The fourth-order valence-electron chi connectivity index (χ4n) is 1.74. The summed E-state index contributed by atoms with van der Waals surface area (Å²) in [5.74, 6) is 0. The van der Waals surface area contributed by atoms with Crippen LogP contribution in [0.2, 0.25) is 0 Å². The van der Waals surface area contributed by atoms with Gasteiger partial charge in [0.1, 0.15) is 0 Å². The molecular weight excluding hydrogens is 270 g/mol. The van der Waals surface area contributed by atoms with E-state index in [0.717, 1.165) is 29.6 Å². The van der Waals surface area contributed by atoms with Gasteiger partial charge in [-0.25, -0.2) is 0 Å². The molecule has 0 aliphatic heterocycles. The zero-order valence-electron chi connectivity index (χ0n) is 10.4. The molecule has 5 heteroatoms. The summed E-state index contributed by atoms with van der Waals surface area (Å²) in [6.07, 6.45) is 1.96. The molecule has 1 unspecified atom stereocenters. The number of ether oxygens (including phenoxy) is 1.